The molecule has 0 bridgehead atoms. The van der Waals surface area contributed by atoms with Crippen LogP contribution in [-0.2, 0) is 14.3 Å². The van der Waals surface area contributed by atoms with Gasteiger partial charge in [0.25, 0.3) is 0 Å². The number of carbonyl (C=O) groups is 2. The van der Waals surface area contributed by atoms with Crippen LogP contribution in [0.3, 0.4) is 0 Å². The van der Waals surface area contributed by atoms with Crippen LogP contribution in [0.15, 0.2) is 0 Å². The van der Waals surface area contributed by atoms with E-state index in [0.717, 1.165) is 0 Å². The van der Waals surface area contributed by atoms with E-state index >= 15 is 0 Å². The molecule has 0 unspecified atom stereocenters. The average Bonchev–Trinajstić information content (AvgIpc) is 2.60. The van der Waals surface area contributed by atoms with Crippen LogP contribution >= 0.6 is 0 Å². The van der Waals surface area contributed by atoms with Crippen molar-refractivity contribution in [3.8, 4) is 0 Å². The van der Waals surface area contributed by atoms with E-state index in [1.807, 2.05) is 0 Å². The molecule has 0 aromatic rings. The molecule has 15 heavy (non-hydrogen) atoms. The summed E-state index contributed by atoms with van der Waals surface area (Å²) in [5.41, 5.74) is 7.25. The van der Waals surface area contributed by atoms with Crippen LogP contribution in [0.25, 0.3) is 5.73 Å². The van der Waals surface area contributed by atoms with Gasteiger partial charge >= 0.3 is 5.97 Å². The largest absolute Gasteiger partial charge is 0.676 e. The molecule has 1 heterocycles. The van der Waals surface area contributed by atoms with Crippen molar-refractivity contribution in [2.75, 3.05) is 13.7 Å². The molecule has 1 aliphatic heterocycles. The Balaban J connectivity index is 0.00000196. The van der Waals surface area contributed by atoms with Gasteiger partial charge in [0.1, 0.15) is 5.78 Å². The summed E-state index contributed by atoms with van der Waals surface area (Å²) in [4.78, 5) is 22.4. The Labute approximate surface area is 125 Å². The van der Waals surface area contributed by atoms with Crippen LogP contribution in [0, 0.1) is 50.0 Å². The molecular weight excluding hydrogens is 411 g/mol. The third kappa shape index (κ3) is 3.78. The number of hydrogen-bond donors (Lipinski definition) is 1. The zero-order valence-corrected chi connectivity index (χ0v) is 13.7. The zero-order valence-electron chi connectivity index (χ0n) is 8.95. The Morgan fingerprint density at radius 2 is 2.13 bits per heavy atom. The summed E-state index contributed by atoms with van der Waals surface area (Å²) in [6.45, 7) is 1.57. The van der Waals surface area contributed by atoms with Gasteiger partial charge in [0.2, 0.25) is 0 Å². The minimum absolute atomic E-state index is 0. The molecule has 0 aromatic carbocycles. The Bertz CT molecular complexity index is 248. The van der Waals surface area contributed by atoms with Crippen LogP contribution in [0.2, 0.25) is 0 Å². The number of carbonyl (C=O) groups excluding carboxylic acids is 2. The van der Waals surface area contributed by atoms with Crippen LogP contribution in [0.4, 0.5) is 0 Å². The number of nitrogens with one attached hydrogen (secondary N) is 2. The molecule has 0 aromatic heterocycles. The summed E-state index contributed by atoms with van der Waals surface area (Å²) in [7, 11) is 1.32. The van der Waals surface area contributed by atoms with Crippen molar-refractivity contribution in [3.05, 3.63) is 5.73 Å². The monoisotopic (exact) mass is 426 g/mol. The van der Waals surface area contributed by atoms with Crippen molar-refractivity contribution < 1.29 is 58.4 Å². The fourth-order valence-corrected chi connectivity index (χ4v) is 1.76. The standard InChI is InChI=1S/C9H15N2O3.Ac/c1-5(12)7-3-6(9(13)14-2)8(4-10)11-7;/h6-8,10-11H,3-4H2,1-2H3;/q-1;/t6-,7-,8+;/m1./s1. The van der Waals surface area contributed by atoms with Crippen LogP contribution in [-0.4, -0.2) is 37.5 Å². The first-order valence-electron chi connectivity index (χ1n) is 4.59. The van der Waals surface area contributed by atoms with Gasteiger partial charge in [-0.25, -0.2) is 0 Å². The second kappa shape index (κ2) is 6.95. The Morgan fingerprint density at radius 3 is 2.53 bits per heavy atom. The summed E-state index contributed by atoms with van der Waals surface area (Å²) < 4.78 is 4.62. The summed E-state index contributed by atoms with van der Waals surface area (Å²) in [6, 6.07) is -0.550. The molecule has 5 nitrogen and oxygen atoms in total. The second-order valence-electron chi connectivity index (χ2n) is 3.51. The van der Waals surface area contributed by atoms with Gasteiger partial charge in [-0.2, -0.15) is 0 Å². The number of hydrogen-bond acceptors (Lipinski definition) is 4. The third-order valence-electron chi connectivity index (χ3n) is 2.61. The van der Waals surface area contributed by atoms with E-state index in [2.05, 4.69) is 10.1 Å². The molecule has 3 atom stereocenters. The quantitative estimate of drug-likeness (QED) is 0.652. The molecule has 0 saturated carbocycles. The number of ketones is 1. The average molecular weight is 426 g/mol. The van der Waals surface area contributed by atoms with Gasteiger partial charge in [0, 0.05) is 50.1 Å². The van der Waals surface area contributed by atoms with E-state index in [1.165, 1.54) is 14.0 Å². The van der Waals surface area contributed by atoms with E-state index in [0.29, 0.717) is 6.42 Å². The van der Waals surface area contributed by atoms with E-state index < -0.39 is 0 Å². The molecular formula is C9H15AcN2O3-. The summed E-state index contributed by atoms with van der Waals surface area (Å²) in [5.74, 6) is -0.681. The molecule has 83 valence electrons. The molecule has 1 saturated heterocycles. The first kappa shape index (κ1) is 15.5. The van der Waals surface area contributed by atoms with Gasteiger partial charge in [0.15, 0.2) is 0 Å². The van der Waals surface area contributed by atoms with Gasteiger partial charge in [-0.1, -0.05) is 0 Å². The molecule has 1 fully saturated rings. The number of rotatable bonds is 3. The number of methoxy groups -OCH3 is 1. The Morgan fingerprint density at radius 1 is 1.53 bits per heavy atom. The molecule has 0 spiro atoms. The zero-order chi connectivity index (χ0) is 10.7. The summed E-state index contributed by atoms with van der Waals surface area (Å²) in [6.07, 6.45) is 0.450. The maximum atomic E-state index is 11.3. The van der Waals surface area contributed by atoms with Crippen molar-refractivity contribution >= 4 is 11.8 Å². The van der Waals surface area contributed by atoms with Crippen molar-refractivity contribution in [3.63, 3.8) is 0 Å². The van der Waals surface area contributed by atoms with Gasteiger partial charge in [-0.3, -0.25) is 9.59 Å². The van der Waals surface area contributed by atoms with Gasteiger partial charge in [-0.05, 0) is 13.3 Å². The van der Waals surface area contributed by atoms with Gasteiger partial charge < -0.3 is 15.8 Å². The minimum atomic E-state index is -0.355. The maximum absolute atomic E-state index is 11.3. The topological polar surface area (TPSA) is 79.2 Å². The van der Waals surface area contributed by atoms with Crippen LogP contribution in [0.5, 0.6) is 0 Å². The predicted octanol–water partition coefficient (Wildman–Crippen LogP) is 0.147. The molecule has 1 rings (SSSR count). The van der Waals surface area contributed by atoms with E-state index in [4.69, 9.17) is 5.73 Å². The smallest absolute Gasteiger partial charge is 0.310 e. The number of ether oxygens (including phenoxy) is 1. The maximum Gasteiger partial charge on any atom is 0.310 e. The molecule has 2 N–H and O–H groups in total. The fraction of sp³-hybridized carbons (Fsp3) is 0.778. The van der Waals surface area contributed by atoms with E-state index in [9.17, 15) is 9.59 Å². The molecule has 0 amide bonds. The fourth-order valence-electron chi connectivity index (χ4n) is 1.76. The second-order valence-corrected chi connectivity index (χ2v) is 3.51. The SMILES string of the molecule is COC(=O)[C@@H]1C[C@H](C(C)=O)N[C@H]1C[NH-].[Ac]. The van der Waals surface area contributed by atoms with Crippen LogP contribution in [0.1, 0.15) is 13.3 Å². The van der Waals surface area contributed by atoms with Gasteiger partial charge in [-0.15, -0.1) is 6.54 Å². The summed E-state index contributed by atoms with van der Waals surface area (Å²) in [5, 5.41) is 2.97. The predicted molar refractivity (Wildman–Crippen MR) is 50.7 cm³/mol. The normalized spacial score (nSPS) is 29.4. The Hall–Kier alpha value is 0.502. The first-order chi connectivity index (χ1) is 6.60. The number of esters is 1. The number of Topliss-reactive ketones (excluding diaryl/α,β-unsaturated/α-hetero) is 1. The third-order valence-corrected chi connectivity index (χ3v) is 2.61. The van der Waals surface area contributed by atoms with E-state index in [1.54, 1.807) is 0 Å². The van der Waals surface area contributed by atoms with Crippen molar-refractivity contribution in [1.29, 1.82) is 0 Å². The first-order valence-corrected chi connectivity index (χ1v) is 4.59. The molecule has 1 aliphatic rings. The molecule has 6 heteroatoms. The van der Waals surface area contributed by atoms with Crippen LogP contribution < -0.4 is 5.32 Å². The Kier molecular flexibility index (Phi) is 7.18. The van der Waals surface area contributed by atoms with E-state index in [-0.39, 0.29) is 80.4 Å². The molecule has 0 aliphatic carbocycles. The van der Waals surface area contributed by atoms with Gasteiger partial charge in [0.05, 0.1) is 19.1 Å². The summed E-state index contributed by atoms with van der Waals surface area (Å²) >= 11 is 0. The van der Waals surface area contributed by atoms with Crippen molar-refractivity contribution in [2.24, 2.45) is 5.92 Å². The molecule has 1 radical (unpaired) electrons. The van der Waals surface area contributed by atoms with Crippen molar-refractivity contribution in [1.82, 2.24) is 5.32 Å². The van der Waals surface area contributed by atoms with Crippen molar-refractivity contribution in [2.45, 2.75) is 25.4 Å². The minimum Gasteiger partial charge on any atom is -0.676 e.